The number of hydrogen-bond acceptors (Lipinski definition) is 6. The Morgan fingerprint density at radius 1 is 1.00 bits per heavy atom. The lowest BCUT2D eigenvalue weighted by Gasteiger charge is -2.45. The number of ether oxygens (including phenoxy) is 1. The van der Waals surface area contributed by atoms with E-state index in [-0.39, 0.29) is 5.56 Å². The van der Waals surface area contributed by atoms with E-state index in [4.69, 9.17) is 21.3 Å². The molecule has 4 aromatic rings. The minimum absolute atomic E-state index is 0.180. The maximum absolute atomic E-state index is 13.5. The van der Waals surface area contributed by atoms with E-state index in [1.54, 1.807) is 0 Å². The summed E-state index contributed by atoms with van der Waals surface area (Å²) in [6, 6.07) is 12.2. The zero-order chi connectivity index (χ0) is 24.2. The third kappa shape index (κ3) is 3.84. The number of H-pyrrole nitrogens is 2. The molecule has 4 saturated heterocycles. The number of fused-ring (bicyclic) bond motifs is 5. The summed E-state index contributed by atoms with van der Waals surface area (Å²) in [4.78, 5) is 29.7. The van der Waals surface area contributed by atoms with E-state index in [2.05, 4.69) is 37.2 Å². The SMILES string of the molecule is O=c1[nH]c2cc(Cl)ccc2c(N[C@@H]2CN3CCC2CC3)c1-c1nc2cc(N3CCOCC3)ccc2[nH]1. The molecule has 0 unspecified atom stereocenters. The fraction of sp³-hybridized carbons (Fsp3) is 0.407. The van der Waals surface area contributed by atoms with Crippen molar-refractivity contribution in [3.63, 3.8) is 0 Å². The van der Waals surface area contributed by atoms with Gasteiger partial charge >= 0.3 is 0 Å². The first-order valence-corrected chi connectivity index (χ1v) is 13.2. The second-order valence-electron chi connectivity index (χ2n) is 10.2. The Kier molecular flexibility index (Phi) is 5.41. The smallest absolute Gasteiger partial charge is 0.261 e. The number of anilines is 2. The van der Waals surface area contributed by atoms with Crippen LogP contribution in [0.5, 0.6) is 0 Å². The van der Waals surface area contributed by atoms with Crippen LogP contribution in [0.1, 0.15) is 12.8 Å². The lowest BCUT2D eigenvalue weighted by atomic mass is 9.83. The van der Waals surface area contributed by atoms with Crippen LogP contribution in [-0.4, -0.2) is 71.8 Å². The molecule has 186 valence electrons. The van der Waals surface area contributed by atoms with Gasteiger partial charge in [-0.3, -0.25) is 4.79 Å². The number of morpholine rings is 1. The minimum Gasteiger partial charge on any atom is -0.379 e. The molecule has 2 bridgehead atoms. The summed E-state index contributed by atoms with van der Waals surface area (Å²) < 4.78 is 5.50. The van der Waals surface area contributed by atoms with Crippen molar-refractivity contribution in [2.45, 2.75) is 18.9 Å². The number of nitrogens with one attached hydrogen (secondary N) is 3. The molecule has 8 nitrogen and oxygen atoms in total. The maximum Gasteiger partial charge on any atom is 0.261 e. The first-order valence-electron chi connectivity index (χ1n) is 12.8. The number of halogens is 1. The molecule has 4 fully saturated rings. The highest BCUT2D eigenvalue weighted by Crippen LogP contribution is 2.36. The van der Waals surface area contributed by atoms with Gasteiger partial charge in [-0.25, -0.2) is 4.98 Å². The molecule has 36 heavy (non-hydrogen) atoms. The molecule has 4 aliphatic rings. The summed E-state index contributed by atoms with van der Waals surface area (Å²) >= 11 is 6.28. The Morgan fingerprint density at radius 3 is 2.61 bits per heavy atom. The van der Waals surface area contributed by atoms with E-state index in [0.717, 1.165) is 79.2 Å². The van der Waals surface area contributed by atoms with Crippen molar-refractivity contribution in [1.82, 2.24) is 19.9 Å². The number of rotatable bonds is 4. The third-order valence-electron chi connectivity index (χ3n) is 8.04. The molecule has 3 N–H and O–H groups in total. The van der Waals surface area contributed by atoms with Crippen LogP contribution in [-0.2, 0) is 4.74 Å². The number of nitrogens with zero attached hydrogens (tertiary/aromatic N) is 3. The number of imidazole rings is 1. The van der Waals surface area contributed by atoms with Crippen LogP contribution >= 0.6 is 11.6 Å². The van der Waals surface area contributed by atoms with E-state index in [1.165, 1.54) is 12.8 Å². The summed E-state index contributed by atoms with van der Waals surface area (Å²) in [5.74, 6) is 1.18. The maximum atomic E-state index is 13.5. The van der Waals surface area contributed by atoms with Crippen LogP contribution in [0, 0.1) is 5.92 Å². The van der Waals surface area contributed by atoms with Gasteiger partial charge in [0.05, 0.1) is 35.5 Å². The molecule has 8 rings (SSSR count). The Balaban J connectivity index is 1.34. The monoisotopic (exact) mass is 504 g/mol. The van der Waals surface area contributed by atoms with Crippen molar-refractivity contribution in [3.8, 4) is 11.4 Å². The molecule has 2 aromatic heterocycles. The Morgan fingerprint density at radius 2 is 1.83 bits per heavy atom. The minimum atomic E-state index is -0.180. The highest BCUT2D eigenvalue weighted by atomic mass is 35.5. The number of hydrogen-bond donors (Lipinski definition) is 3. The van der Waals surface area contributed by atoms with Crippen molar-refractivity contribution in [3.05, 3.63) is 51.8 Å². The van der Waals surface area contributed by atoms with E-state index >= 15 is 0 Å². The number of aromatic nitrogens is 3. The van der Waals surface area contributed by atoms with Gasteiger partial charge in [-0.15, -0.1) is 0 Å². The quantitative estimate of drug-likeness (QED) is 0.388. The molecule has 0 spiro atoms. The lowest BCUT2D eigenvalue weighted by molar-refractivity contribution is 0.0976. The van der Waals surface area contributed by atoms with E-state index in [9.17, 15) is 4.79 Å². The summed E-state index contributed by atoms with van der Waals surface area (Å²) in [6.07, 6.45) is 2.38. The first-order chi connectivity index (χ1) is 17.6. The summed E-state index contributed by atoms with van der Waals surface area (Å²) in [5, 5.41) is 5.34. The van der Waals surface area contributed by atoms with Gasteiger partial charge in [-0.1, -0.05) is 11.6 Å². The first kappa shape index (κ1) is 22.2. The number of pyridine rings is 1. The summed E-state index contributed by atoms with van der Waals surface area (Å²) in [6.45, 7) is 6.51. The fourth-order valence-electron chi connectivity index (χ4n) is 6.09. The number of piperidine rings is 3. The molecule has 0 radical (unpaired) electrons. The normalized spacial score (nSPS) is 24.0. The molecule has 4 aliphatic heterocycles. The third-order valence-corrected chi connectivity index (χ3v) is 8.28. The molecular weight excluding hydrogens is 476 g/mol. The van der Waals surface area contributed by atoms with Crippen LogP contribution in [0.4, 0.5) is 11.4 Å². The lowest BCUT2D eigenvalue weighted by Crippen LogP contribution is -2.53. The molecule has 6 heterocycles. The van der Waals surface area contributed by atoms with Gasteiger partial charge in [-0.2, -0.15) is 0 Å². The topological polar surface area (TPSA) is 89.3 Å². The number of benzene rings is 2. The Bertz CT molecular complexity index is 1500. The number of aromatic amines is 2. The molecule has 0 amide bonds. The van der Waals surface area contributed by atoms with Crippen molar-refractivity contribution < 1.29 is 4.74 Å². The molecule has 2 aromatic carbocycles. The summed E-state index contributed by atoms with van der Waals surface area (Å²) in [5.41, 5.74) is 4.80. The van der Waals surface area contributed by atoms with Gasteiger partial charge in [-0.05, 0) is 68.2 Å². The van der Waals surface area contributed by atoms with Gasteiger partial charge in [0.2, 0.25) is 0 Å². The average Bonchev–Trinajstić information content (AvgIpc) is 3.32. The second-order valence-corrected chi connectivity index (χ2v) is 10.6. The van der Waals surface area contributed by atoms with Crippen molar-refractivity contribution in [2.75, 3.05) is 56.2 Å². The van der Waals surface area contributed by atoms with Crippen LogP contribution in [0.3, 0.4) is 0 Å². The standard InChI is InChI=1S/C27H29ClN6O2/c28-17-1-3-19-21(13-17)32-27(35)24(25(19)29-23-15-33-7-5-16(23)6-8-33)26-30-20-4-2-18(14-22(20)31-26)34-9-11-36-12-10-34/h1-4,13-14,16,23H,5-12,15H2,(H,30,31)(H2,29,32,35)/t23-/m1/s1. The van der Waals surface area contributed by atoms with Crippen LogP contribution in [0.25, 0.3) is 33.3 Å². The average molecular weight is 505 g/mol. The second kappa shape index (κ2) is 8.80. The van der Waals surface area contributed by atoms with Crippen molar-refractivity contribution in [1.29, 1.82) is 0 Å². The van der Waals surface area contributed by atoms with Gasteiger partial charge < -0.3 is 29.8 Å². The largest absolute Gasteiger partial charge is 0.379 e. The molecule has 0 saturated carbocycles. The van der Waals surface area contributed by atoms with Crippen LogP contribution < -0.4 is 15.8 Å². The van der Waals surface area contributed by atoms with Crippen molar-refractivity contribution >= 4 is 44.9 Å². The zero-order valence-corrected chi connectivity index (χ0v) is 20.8. The highest BCUT2D eigenvalue weighted by molar-refractivity contribution is 6.31. The van der Waals surface area contributed by atoms with E-state index < -0.39 is 0 Å². The molecule has 0 aliphatic carbocycles. The zero-order valence-electron chi connectivity index (χ0n) is 20.0. The van der Waals surface area contributed by atoms with E-state index in [0.29, 0.717) is 28.4 Å². The van der Waals surface area contributed by atoms with Gasteiger partial charge in [0.1, 0.15) is 11.4 Å². The predicted octanol–water partition coefficient (Wildman–Crippen LogP) is 4.07. The van der Waals surface area contributed by atoms with Gasteiger partial charge in [0, 0.05) is 41.8 Å². The highest BCUT2D eigenvalue weighted by Gasteiger charge is 2.35. The summed E-state index contributed by atoms with van der Waals surface area (Å²) in [7, 11) is 0. The predicted molar refractivity (Wildman–Crippen MR) is 144 cm³/mol. The van der Waals surface area contributed by atoms with E-state index in [1.807, 2.05) is 24.3 Å². The van der Waals surface area contributed by atoms with Crippen LogP contribution in [0.2, 0.25) is 5.02 Å². The molecule has 9 heteroatoms. The molecule has 1 atom stereocenters. The van der Waals surface area contributed by atoms with Gasteiger partial charge in [0.15, 0.2) is 0 Å². The Hall–Kier alpha value is -3.07. The van der Waals surface area contributed by atoms with Crippen molar-refractivity contribution in [2.24, 2.45) is 5.92 Å². The Labute approximate surface area is 213 Å². The molecular formula is C27H29ClN6O2. The van der Waals surface area contributed by atoms with Gasteiger partial charge in [0.25, 0.3) is 5.56 Å². The van der Waals surface area contributed by atoms with Crippen LogP contribution in [0.15, 0.2) is 41.2 Å². The fourth-order valence-corrected chi connectivity index (χ4v) is 6.26.